The molecule has 6 heteroatoms. The van der Waals surface area contributed by atoms with Crippen LogP contribution in [0, 0.1) is 11.8 Å². The van der Waals surface area contributed by atoms with E-state index in [1.807, 2.05) is 0 Å². The number of thioether (sulfide) groups is 1. The Bertz CT molecular complexity index is 722. The minimum Gasteiger partial charge on any atom is -0.465 e. The Labute approximate surface area is 342 Å². The molecule has 0 heterocycles. The van der Waals surface area contributed by atoms with Gasteiger partial charge in [-0.25, -0.2) is 0 Å². The lowest BCUT2D eigenvalue weighted by atomic mass is 9.94. The fraction of sp³-hybridized carbons (Fsp3) is 0.958. The van der Waals surface area contributed by atoms with E-state index in [0.29, 0.717) is 11.7 Å². The zero-order valence-corrected chi connectivity index (χ0v) is 38.0. The Kier molecular flexibility index (Phi) is 43.1. The van der Waals surface area contributed by atoms with Crippen LogP contribution < -0.4 is 0 Å². The van der Waals surface area contributed by atoms with E-state index in [2.05, 4.69) is 32.6 Å². The SMILES string of the molecule is CCCCCCCCC(CCCCCC)C(=O)OCCCCCCN(CCCCCCSC(=O)C(CCCCCC)CCCCCCCC)CCCOC. The highest BCUT2D eigenvalue weighted by Crippen LogP contribution is 2.25. The zero-order valence-electron chi connectivity index (χ0n) is 37.2. The lowest BCUT2D eigenvalue weighted by Gasteiger charge is -2.22. The van der Waals surface area contributed by atoms with Crippen LogP contribution in [0.4, 0.5) is 0 Å². The van der Waals surface area contributed by atoms with Crippen molar-refractivity contribution in [3.63, 3.8) is 0 Å². The van der Waals surface area contributed by atoms with Gasteiger partial charge in [-0.1, -0.05) is 194 Å². The molecule has 0 N–H and O–H groups in total. The van der Waals surface area contributed by atoms with Crippen molar-refractivity contribution in [3.05, 3.63) is 0 Å². The number of ether oxygens (including phenoxy) is 2. The average Bonchev–Trinajstić information content (AvgIpc) is 3.17. The number of hydrogen-bond acceptors (Lipinski definition) is 6. The van der Waals surface area contributed by atoms with E-state index >= 15 is 0 Å². The summed E-state index contributed by atoms with van der Waals surface area (Å²) < 4.78 is 11.2. The normalized spacial score (nSPS) is 12.8. The summed E-state index contributed by atoms with van der Waals surface area (Å²) in [6, 6.07) is 0. The molecule has 0 aromatic rings. The Morgan fingerprint density at radius 2 is 0.833 bits per heavy atom. The lowest BCUT2D eigenvalue weighted by Crippen LogP contribution is -2.28. The van der Waals surface area contributed by atoms with Crippen LogP contribution in [0.2, 0.25) is 0 Å². The minimum atomic E-state index is 0.0695. The van der Waals surface area contributed by atoms with Crippen LogP contribution in [0.25, 0.3) is 0 Å². The third-order valence-electron chi connectivity index (χ3n) is 11.3. The van der Waals surface area contributed by atoms with Gasteiger partial charge in [-0.05, 0) is 70.9 Å². The standard InChI is InChI=1S/C48H95NO4S/c1-6-10-14-18-20-28-36-45(35-26-16-12-8-3)47(50)53-43-32-24-22-30-39-49(41-34-42-52-5)40-31-23-25-33-44-54-48(51)46(37-27-17-13-9-4)38-29-21-19-15-11-7-2/h45-46H,6-44H2,1-5H3. The van der Waals surface area contributed by atoms with Crippen LogP contribution in [-0.4, -0.2) is 61.7 Å². The maximum Gasteiger partial charge on any atom is 0.308 e. The Morgan fingerprint density at radius 1 is 0.444 bits per heavy atom. The molecule has 0 spiro atoms. The molecule has 0 aromatic carbocycles. The van der Waals surface area contributed by atoms with E-state index in [1.165, 1.54) is 148 Å². The smallest absolute Gasteiger partial charge is 0.308 e. The van der Waals surface area contributed by atoms with Crippen LogP contribution >= 0.6 is 11.8 Å². The van der Waals surface area contributed by atoms with Crippen molar-refractivity contribution in [2.24, 2.45) is 11.8 Å². The summed E-state index contributed by atoms with van der Waals surface area (Å²) in [5.41, 5.74) is 0. The first-order valence-corrected chi connectivity index (χ1v) is 25.1. The van der Waals surface area contributed by atoms with E-state index < -0.39 is 0 Å². The predicted octanol–water partition coefficient (Wildman–Crippen LogP) is 14.9. The maximum absolute atomic E-state index is 13.2. The summed E-state index contributed by atoms with van der Waals surface area (Å²) in [5.74, 6) is 1.45. The number of methoxy groups -OCH3 is 1. The van der Waals surface area contributed by atoms with Crippen molar-refractivity contribution in [2.45, 2.75) is 240 Å². The first-order chi connectivity index (χ1) is 26.5. The van der Waals surface area contributed by atoms with Gasteiger partial charge in [0.25, 0.3) is 0 Å². The van der Waals surface area contributed by atoms with Crippen LogP contribution in [0.1, 0.15) is 240 Å². The quantitative estimate of drug-likeness (QED) is 0.0453. The van der Waals surface area contributed by atoms with Gasteiger partial charge < -0.3 is 14.4 Å². The number of rotatable bonds is 44. The van der Waals surface area contributed by atoms with E-state index in [0.717, 1.165) is 96.2 Å². The zero-order chi connectivity index (χ0) is 39.6. The second-order valence-corrected chi connectivity index (χ2v) is 17.7. The molecule has 54 heavy (non-hydrogen) atoms. The largest absolute Gasteiger partial charge is 0.465 e. The second kappa shape index (κ2) is 43.5. The summed E-state index contributed by atoms with van der Waals surface area (Å²) >= 11 is 1.64. The van der Waals surface area contributed by atoms with Crippen LogP contribution in [0.15, 0.2) is 0 Å². The molecular formula is C48H95NO4S. The number of carbonyl (C=O) groups is 2. The molecule has 0 amide bonds. The van der Waals surface area contributed by atoms with Gasteiger partial charge in [0, 0.05) is 31.9 Å². The lowest BCUT2D eigenvalue weighted by molar-refractivity contribution is -0.149. The molecule has 0 bridgehead atoms. The van der Waals surface area contributed by atoms with Crippen molar-refractivity contribution in [1.29, 1.82) is 0 Å². The fourth-order valence-electron chi connectivity index (χ4n) is 7.67. The molecule has 0 fully saturated rings. The highest BCUT2D eigenvalue weighted by Gasteiger charge is 2.20. The van der Waals surface area contributed by atoms with E-state index in [9.17, 15) is 9.59 Å². The van der Waals surface area contributed by atoms with Gasteiger partial charge >= 0.3 is 5.97 Å². The maximum atomic E-state index is 13.2. The third-order valence-corrected chi connectivity index (χ3v) is 12.5. The summed E-state index contributed by atoms with van der Waals surface area (Å²) in [6.45, 7) is 13.9. The van der Waals surface area contributed by atoms with Crippen LogP contribution in [-0.2, 0) is 19.1 Å². The highest BCUT2D eigenvalue weighted by molar-refractivity contribution is 8.13. The number of nitrogens with zero attached hydrogens (tertiary/aromatic N) is 1. The molecule has 0 aromatic heterocycles. The molecule has 2 unspecified atom stereocenters. The molecule has 5 nitrogen and oxygen atoms in total. The molecule has 0 saturated carbocycles. The molecular weight excluding hydrogens is 687 g/mol. The first-order valence-electron chi connectivity index (χ1n) is 24.1. The summed E-state index contributed by atoms with van der Waals surface area (Å²) in [5, 5.41) is 0.480. The highest BCUT2D eigenvalue weighted by atomic mass is 32.2. The van der Waals surface area contributed by atoms with Crippen molar-refractivity contribution in [3.8, 4) is 0 Å². The predicted molar refractivity (Wildman–Crippen MR) is 239 cm³/mol. The van der Waals surface area contributed by atoms with Gasteiger partial charge in [-0.15, -0.1) is 0 Å². The molecule has 0 rings (SSSR count). The van der Waals surface area contributed by atoms with E-state index in [4.69, 9.17) is 9.47 Å². The second-order valence-electron chi connectivity index (χ2n) is 16.6. The molecule has 0 radical (unpaired) electrons. The fourth-order valence-corrected chi connectivity index (χ4v) is 8.69. The Hall–Kier alpha value is -0.590. The third kappa shape index (κ3) is 35.8. The van der Waals surface area contributed by atoms with Crippen molar-refractivity contribution < 1.29 is 19.1 Å². The molecule has 0 aliphatic carbocycles. The summed E-state index contributed by atoms with van der Waals surface area (Å²) in [4.78, 5) is 28.8. The number of hydrogen-bond donors (Lipinski definition) is 0. The minimum absolute atomic E-state index is 0.0695. The molecule has 0 saturated heterocycles. The van der Waals surface area contributed by atoms with Crippen molar-refractivity contribution >= 4 is 22.8 Å². The van der Waals surface area contributed by atoms with Crippen LogP contribution in [0.3, 0.4) is 0 Å². The van der Waals surface area contributed by atoms with Crippen molar-refractivity contribution in [2.75, 3.05) is 45.7 Å². The van der Waals surface area contributed by atoms with Gasteiger partial charge in [0.1, 0.15) is 0 Å². The van der Waals surface area contributed by atoms with Crippen molar-refractivity contribution in [1.82, 2.24) is 4.90 Å². The molecule has 0 aliphatic heterocycles. The molecule has 322 valence electrons. The monoisotopic (exact) mass is 782 g/mol. The van der Waals surface area contributed by atoms with Gasteiger partial charge in [0.2, 0.25) is 0 Å². The van der Waals surface area contributed by atoms with Gasteiger partial charge in [-0.2, -0.15) is 0 Å². The Morgan fingerprint density at radius 3 is 1.33 bits per heavy atom. The number of carbonyl (C=O) groups excluding carboxylic acids is 2. The molecule has 2 atom stereocenters. The Balaban J connectivity index is 4.36. The molecule has 0 aliphatic rings. The summed E-state index contributed by atoms with van der Waals surface area (Å²) in [6.07, 6.45) is 40.1. The van der Waals surface area contributed by atoms with E-state index in [1.54, 1.807) is 18.9 Å². The number of esters is 1. The number of unbranched alkanes of at least 4 members (excludes halogenated alkanes) is 22. The van der Waals surface area contributed by atoms with Gasteiger partial charge in [0.15, 0.2) is 5.12 Å². The topological polar surface area (TPSA) is 55.8 Å². The van der Waals surface area contributed by atoms with Crippen LogP contribution in [0.5, 0.6) is 0 Å². The summed E-state index contributed by atoms with van der Waals surface area (Å²) in [7, 11) is 1.80. The van der Waals surface area contributed by atoms with Gasteiger partial charge in [0.05, 0.1) is 12.5 Å². The van der Waals surface area contributed by atoms with E-state index in [-0.39, 0.29) is 17.8 Å². The first kappa shape index (κ1) is 53.4. The average molecular weight is 782 g/mol. The van der Waals surface area contributed by atoms with Gasteiger partial charge in [-0.3, -0.25) is 9.59 Å².